The second-order valence-electron chi connectivity index (χ2n) is 5.68. The van der Waals surface area contributed by atoms with Crippen LogP contribution in [0.25, 0.3) is 17.4 Å². The van der Waals surface area contributed by atoms with Gasteiger partial charge < -0.3 is 9.73 Å². The number of anilines is 1. The maximum absolute atomic E-state index is 12.3. The van der Waals surface area contributed by atoms with Crippen molar-refractivity contribution < 1.29 is 9.21 Å². The molecule has 0 bridgehead atoms. The number of hydrogen-bond donors (Lipinski definition) is 1. The van der Waals surface area contributed by atoms with Crippen molar-refractivity contribution in [2.75, 3.05) is 5.32 Å². The average Bonchev–Trinajstić information content (AvgIpc) is 3.08. The van der Waals surface area contributed by atoms with E-state index in [0.717, 1.165) is 15.6 Å². The summed E-state index contributed by atoms with van der Waals surface area (Å²) >= 11 is 3.53. The van der Waals surface area contributed by atoms with Crippen LogP contribution in [0.5, 0.6) is 0 Å². The molecule has 0 radical (unpaired) electrons. The Hall–Kier alpha value is -3.10. The lowest BCUT2D eigenvalue weighted by Gasteiger charge is -2.03. The topological polar surface area (TPSA) is 66.0 Å². The number of carbonyl (C=O) groups excluding carboxylic acids is 1. The first-order valence-electron chi connectivity index (χ1n) is 7.91. The van der Waals surface area contributed by atoms with Crippen LogP contribution in [0.4, 0.5) is 5.69 Å². The molecule has 1 amide bonds. The maximum Gasteiger partial charge on any atom is 0.266 e. The Bertz CT molecular complexity index is 1010. The lowest BCUT2D eigenvalue weighted by atomic mass is 10.1. The minimum Gasteiger partial charge on any atom is -0.457 e. The number of hydrogen-bond acceptors (Lipinski definition) is 3. The standard InChI is InChI=1S/C21H15BrN2O2/c1-14-7-9-18(19(22)11-14)20-10-8-17(26-20)12-15(13-23)21(25)24-16-5-3-2-4-6-16/h2-12H,1H3,(H,24,25)/b15-12-. The normalized spacial score (nSPS) is 11.0. The van der Waals surface area contributed by atoms with Gasteiger partial charge >= 0.3 is 0 Å². The van der Waals surface area contributed by atoms with Crippen LogP contribution in [0.15, 0.2) is 75.1 Å². The Balaban J connectivity index is 1.83. The van der Waals surface area contributed by atoms with Gasteiger partial charge in [0.25, 0.3) is 5.91 Å². The number of nitriles is 1. The third-order valence-corrected chi connectivity index (χ3v) is 4.36. The monoisotopic (exact) mass is 406 g/mol. The number of rotatable bonds is 4. The molecule has 1 aromatic heterocycles. The third kappa shape index (κ3) is 4.11. The summed E-state index contributed by atoms with van der Waals surface area (Å²) in [7, 11) is 0. The molecule has 3 rings (SSSR count). The Labute approximate surface area is 159 Å². The second-order valence-corrected chi connectivity index (χ2v) is 6.53. The SMILES string of the molecule is Cc1ccc(-c2ccc(/C=C(/C#N)C(=O)Nc3ccccc3)o2)c(Br)c1. The van der Waals surface area contributed by atoms with E-state index >= 15 is 0 Å². The summed E-state index contributed by atoms with van der Waals surface area (Å²) in [4.78, 5) is 12.3. The number of nitrogens with zero attached hydrogens (tertiary/aromatic N) is 1. The molecule has 0 saturated carbocycles. The van der Waals surface area contributed by atoms with Crippen LogP contribution in [0, 0.1) is 18.3 Å². The average molecular weight is 407 g/mol. The van der Waals surface area contributed by atoms with Gasteiger partial charge in [-0.2, -0.15) is 5.26 Å². The summed E-state index contributed by atoms with van der Waals surface area (Å²) in [5, 5.41) is 12.0. The van der Waals surface area contributed by atoms with Crippen molar-refractivity contribution in [1.82, 2.24) is 0 Å². The van der Waals surface area contributed by atoms with E-state index in [1.807, 2.05) is 55.5 Å². The van der Waals surface area contributed by atoms with Gasteiger partial charge in [0.15, 0.2) is 0 Å². The molecule has 0 aliphatic heterocycles. The molecule has 0 unspecified atom stereocenters. The highest BCUT2D eigenvalue weighted by atomic mass is 79.9. The fraction of sp³-hybridized carbons (Fsp3) is 0.0476. The van der Waals surface area contributed by atoms with E-state index in [1.165, 1.54) is 6.08 Å². The first kappa shape index (κ1) is 17.7. The molecule has 1 N–H and O–H groups in total. The quantitative estimate of drug-likeness (QED) is 0.455. The molecule has 0 aliphatic rings. The summed E-state index contributed by atoms with van der Waals surface area (Å²) in [6.07, 6.45) is 1.43. The van der Waals surface area contributed by atoms with Gasteiger partial charge in [0.2, 0.25) is 0 Å². The Morgan fingerprint density at radius 2 is 1.92 bits per heavy atom. The van der Waals surface area contributed by atoms with E-state index < -0.39 is 5.91 Å². The van der Waals surface area contributed by atoms with E-state index in [-0.39, 0.29) is 5.57 Å². The van der Waals surface area contributed by atoms with Crippen LogP contribution in [0.1, 0.15) is 11.3 Å². The van der Waals surface area contributed by atoms with Gasteiger partial charge in [0.05, 0.1) is 0 Å². The molecule has 0 fully saturated rings. The van der Waals surface area contributed by atoms with Crippen molar-refractivity contribution >= 4 is 33.6 Å². The molecular formula is C21H15BrN2O2. The number of furan rings is 1. The predicted octanol–water partition coefficient (Wildman–Crippen LogP) is 5.56. The minimum absolute atomic E-state index is 0.0299. The van der Waals surface area contributed by atoms with Crippen LogP contribution in [0.3, 0.4) is 0 Å². The number of halogens is 1. The van der Waals surface area contributed by atoms with Crippen LogP contribution in [-0.4, -0.2) is 5.91 Å². The number of benzene rings is 2. The van der Waals surface area contributed by atoms with Crippen molar-refractivity contribution in [2.45, 2.75) is 6.92 Å². The summed E-state index contributed by atoms with van der Waals surface area (Å²) < 4.78 is 6.71. The van der Waals surface area contributed by atoms with Gasteiger partial charge in [-0.3, -0.25) is 4.79 Å². The molecule has 0 atom stereocenters. The molecule has 1 heterocycles. The van der Waals surface area contributed by atoms with Crippen LogP contribution >= 0.6 is 15.9 Å². The largest absolute Gasteiger partial charge is 0.457 e. The summed E-state index contributed by atoms with van der Waals surface area (Å²) in [5.41, 5.74) is 2.64. The van der Waals surface area contributed by atoms with Crippen molar-refractivity contribution in [1.29, 1.82) is 5.26 Å². The van der Waals surface area contributed by atoms with Gasteiger partial charge in [0.1, 0.15) is 23.2 Å². The zero-order valence-electron chi connectivity index (χ0n) is 14.0. The van der Waals surface area contributed by atoms with E-state index in [0.29, 0.717) is 17.2 Å². The zero-order valence-corrected chi connectivity index (χ0v) is 15.6. The molecule has 0 aliphatic carbocycles. The summed E-state index contributed by atoms with van der Waals surface area (Å²) in [6, 6.07) is 20.4. The highest BCUT2D eigenvalue weighted by molar-refractivity contribution is 9.10. The Morgan fingerprint density at radius 1 is 1.15 bits per heavy atom. The Morgan fingerprint density at radius 3 is 2.62 bits per heavy atom. The summed E-state index contributed by atoms with van der Waals surface area (Å²) in [5.74, 6) is 0.615. The first-order valence-corrected chi connectivity index (χ1v) is 8.70. The van der Waals surface area contributed by atoms with E-state index in [9.17, 15) is 10.1 Å². The van der Waals surface area contributed by atoms with Crippen LogP contribution in [-0.2, 0) is 4.79 Å². The van der Waals surface area contributed by atoms with E-state index in [1.54, 1.807) is 18.2 Å². The lowest BCUT2D eigenvalue weighted by molar-refractivity contribution is -0.112. The molecule has 3 aromatic rings. The highest BCUT2D eigenvalue weighted by Crippen LogP contribution is 2.31. The molecule has 0 saturated heterocycles. The smallest absolute Gasteiger partial charge is 0.266 e. The molecule has 2 aromatic carbocycles. The van der Waals surface area contributed by atoms with Crippen molar-refractivity contribution in [2.24, 2.45) is 0 Å². The number of para-hydroxylation sites is 1. The predicted molar refractivity (Wildman–Crippen MR) is 105 cm³/mol. The first-order chi connectivity index (χ1) is 12.6. The molecule has 0 spiro atoms. The van der Waals surface area contributed by atoms with Gasteiger partial charge in [-0.05, 0) is 48.9 Å². The molecule has 4 nitrogen and oxygen atoms in total. The van der Waals surface area contributed by atoms with Gasteiger partial charge in [-0.1, -0.05) is 40.2 Å². The van der Waals surface area contributed by atoms with Gasteiger partial charge in [0, 0.05) is 21.8 Å². The molecule has 128 valence electrons. The molecular weight excluding hydrogens is 392 g/mol. The minimum atomic E-state index is -0.479. The maximum atomic E-state index is 12.3. The van der Waals surface area contributed by atoms with Crippen molar-refractivity contribution in [3.05, 3.63) is 82.0 Å². The van der Waals surface area contributed by atoms with Gasteiger partial charge in [-0.15, -0.1) is 0 Å². The molecule has 26 heavy (non-hydrogen) atoms. The second kappa shape index (κ2) is 7.85. The van der Waals surface area contributed by atoms with E-state index in [2.05, 4.69) is 21.2 Å². The third-order valence-electron chi connectivity index (χ3n) is 3.70. The zero-order chi connectivity index (χ0) is 18.5. The Kier molecular flexibility index (Phi) is 5.35. The summed E-state index contributed by atoms with van der Waals surface area (Å²) in [6.45, 7) is 2.01. The number of amides is 1. The number of nitrogens with one attached hydrogen (secondary N) is 1. The number of carbonyl (C=O) groups is 1. The lowest BCUT2D eigenvalue weighted by Crippen LogP contribution is -2.13. The molecule has 5 heteroatoms. The fourth-order valence-corrected chi connectivity index (χ4v) is 3.09. The van der Waals surface area contributed by atoms with Crippen molar-refractivity contribution in [3.8, 4) is 17.4 Å². The van der Waals surface area contributed by atoms with Crippen molar-refractivity contribution in [3.63, 3.8) is 0 Å². The number of aryl methyl sites for hydroxylation is 1. The van der Waals surface area contributed by atoms with Crippen LogP contribution < -0.4 is 5.32 Å². The van der Waals surface area contributed by atoms with E-state index in [4.69, 9.17) is 4.42 Å². The van der Waals surface area contributed by atoms with Gasteiger partial charge in [-0.25, -0.2) is 0 Å². The van der Waals surface area contributed by atoms with Crippen LogP contribution in [0.2, 0.25) is 0 Å². The fourth-order valence-electron chi connectivity index (χ4n) is 2.41. The highest BCUT2D eigenvalue weighted by Gasteiger charge is 2.12.